The second-order valence-corrected chi connectivity index (χ2v) is 4.78. The first kappa shape index (κ1) is 11.9. The lowest BCUT2D eigenvalue weighted by Crippen LogP contribution is -2.31. The van der Waals surface area contributed by atoms with E-state index >= 15 is 0 Å². The molecule has 0 aromatic heterocycles. The summed E-state index contributed by atoms with van der Waals surface area (Å²) in [6.07, 6.45) is 1.78. The monoisotopic (exact) mass is 242 g/mol. The fourth-order valence-corrected chi connectivity index (χ4v) is 2.73. The Morgan fingerprint density at radius 2 is 2.31 bits per heavy atom. The highest BCUT2D eigenvalue weighted by atomic mass is 35.5. The van der Waals surface area contributed by atoms with Gasteiger partial charge < -0.3 is 4.74 Å². The molecule has 1 aliphatic heterocycles. The largest absolute Gasteiger partial charge is 0.373 e. The minimum Gasteiger partial charge on any atom is -0.373 e. The van der Waals surface area contributed by atoms with Gasteiger partial charge in [0.15, 0.2) is 0 Å². The van der Waals surface area contributed by atoms with Crippen LogP contribution in [-0.2, 0) is 4.74 Å². The first-order valence-electron chi connectivity index (χ1n) is 5.73. The van der Waals surface area contributed by atoms with E-state index in [1.54, 1.807) is 12.1 Å². The van der Waals surface area contributed by atoms with Crippen LogP contribution in [0.5, 0.6) is 0 Å². The molecule has 16 heavy (non-hydrogen) atoms. The smallest absolute Gasteiger partial charge is 0.123 e. The minimum atomic E-state index is -0.215. The van der Waals surface area contributed by atoms with Gasteiger partial charge in [0.05, 0.1) is 6.10 Å². The van der Waals surface area contributed by atoms with Crippen molar-refractivity contribution in [2.24, 2.45) is 5.92 Å². The lowest BCUT2D eigenvalue weighted by molar-refractivity contribution is -0.0270. The third-order valence-electron chi connectivity index (χ3n) is 3.19. The highest BCUT2D eigenvalue weighted by molar-refractivity contribution is 6.20. The standard InChI is InChI=1S/C13H16ClFO/c1-2-11-12(14)6-7-16-13(11)9-4-3-5-10(15)8-9/h3-5,8,11-13H,2,6-7H2,1H3/t11-,12-,13-/m1/s1. The minimum absolute atomic E-state index is 0.0584. The number of alkyl halides is 1. The summed E-state index contributed by atoms with van der Waals surface area (Å²) < 4.78 is 18.9. The molecule has 1 aliphatic rings. The van der Waals surface area contributed by atoms with E-state index in [1.165, 1.54) is 6.07 Å². The molecule has 2 rings (SSSR count). The molecular weight excluding hydrogens is 227 g/mol. The van der Waals surface area contributed by atoms with Crippen molar-refractivity contribution in [1.82, 2.24) is 0 Å². The Kier molecular flexibility index (Phi) is 3.82. The van der Waals surface area contributed by atoms with Gasteiger partial charge in [-0.3, -0.25) is 0 Å². The van der Waals surface area contributed by atoms with Crippen LogP contribution in [0.4, 0.5) is 4.39 Å². The molecule has 1 fully saturated rings. The zero-order valence-electron chi connectivity index (χ0n) is 9.33. The fourth-order valence-electron chi connectivity index (χ4n) is 2.33. The molecule has 0 amide bonds. The van der Waals surface area contributed by atoms with Crippen molar-refractivity contribution in [2.75, 3.05) is 6.61 Å². The molecule has 0 spiro atoms. The van der Waals surface area contributed by atoms with Gasteiger partial charge in [-0.2, -0.15) is 0 Å². The molecule has 1 nitrogen and oxygen atoms in total. The predicted octanol–water partition coefficient (Wildman–Crippen LogP) is 3.92. The van der Waals surface area contributed by atoms with Crippen LogP contribution >= 0.6 is 11.6 Å². The van der Waals surface area contributed by atoms with Gasteiger partial charge in [0.2, 0.25) is 0 Å². The lowest BCUT2D eigenvalue weighted by atomic mass is 9.87. The van der Waals surface area contributed by atoms with Gasteiger partial charge in [-0.1, -0.05) is 19.1 Å². The normalized spacial score (nSPS) is 30.3. The highest BCUT2D eigenvalue weighted by Gasteiger charge is 2.32. The van der Waals surface area contributed by atoms with Gasteiger partial charge in [0.1, 0.15) is 5.82 Å². The quantitative estimate of drug-likeness (QED) is 0.715. The summed E-state index contributed by atoms with van der Waals surface area (Å²) in [4.78, 5) is 0. The summed E-state index contributed by atoms with van der Waals surface area (Å²) in [5.41, 5.74) is 0.900. The molecule has 1 saturated heterocycles. The van der Waals surface area contributed by atoms with E-state index in [-0.39, 0.29) is 23.2 Å². The topological polar surface area (TPSA) is 9.23 Å². The molecule has 1 heterocycles. The molecule has 88 valence electrons. The Labute approximate surface area is 101 Å². The first-order chi connectivity index (χ1) is 7.72. The van der Waals surface area contributed by atoms with Gasteiger partial charge in [-0.05, 0) is 30.5 Å². The lowest BCUT2D eigenvalue weighted by Gasteiger charge is -2.35. The van der Waals surface area contributed by atoms with Gasteiger partial charge in [0.25, 0.3) is 0 Å². The first-order valence-corrected chi connectivity index (χ1v) is 6.17. The van der Waals surface area contributed by atoms with Crippen LogP contribution in [0.1, 0.15) is 31.4 Å². The number of rotatable bonds is 2. The molecule has 0 aliphatic carbocycles. The summed E-state index contributed by atoms with van der Waals surface area (Å²) in [6, 6.07) is 6.62. The van der Waals surface area contributed by atoms with E-state index in [0.717, 1.165) is 18.4 Å². The van der Waals surface area contributed by atoms with Crippen molar-refractivity contribution in [3.8, 4) is 0 Å². The van der Waals surface area contributed by atoms with E-state index in [2.05, 4.69) is 6.92 Å². The molecule has 1 aromatic carbocycles. The van der Waals surface area contributed by atoms with E-state index in [1.807, 2.05) is 6.07 Å². The van der Waals surface area contributed by atoms with Crippen molar-refractivity contribution in [1.29, 1.82) is 0 Å². The van der Waals surface area contributed by atoms with E-state index in [9.17, 15) is 4.39 Å². The van der Waals surface area contributed by atoms with Crippen molar-refractivity contribution in [2.45, 2.75) is 31.2 Å². The number of hydrogen-bond acceptors (Lipinski definition) is 1. The van der Waals surface area contributed by atoms with Gasteiger partial charge in [-0.15, -0.1) is 11.6 Å². The van der Waals surface area contributed by atoms with E-state index < -0.39 is 0 Å². The third kappa shape index (κ3) is 2.38. The molecule has 0 radical (unpaired) electrons. The second-order valence-electron chi connectivity index (χ2n) is 4.22. The Bertz CT molecular complexity index is 356. The summed E-state index contributed by atoms with van der Waals surface area (Å²) in [5.74, 6) is 0.0601. The summed E-state index contributed by atoms with van der Waals surface area (Å²) in [6.45, 7) is 2.76. The van der Waals surface area contributed by atoms with Gasteiger partial charge in [-0.25, -0.2) is 4.39 Å². The summed E-state index contributed by atoms with van der Waals surface area (Å²) in [5, 5.41) is 0.131. The Balaban J connectivity index is 2.24. The maximum absolute atomic E-state index is 13.2. The van der Waals surface area contributed by atoms with Crippen molar-refractivity contribution in [3.63, 3.8) is 0 Å². The van der Waals surface area contributed by atoms with Gasteiger partial charge in [0, 0.05) is 17.9 Å². The molecule has 3 heteroatoms. The molecule has 0 unspecified atom stereocenters. The van der Waals surface area contributed by atoms with Crippen molar-refractivity contribution < 1.29 is 9.13 Å². The summed E-state index contributed by atoms with van der Waals surface area (Å²) in [7, 11) is 0. The second kappa shape index (κ2) is 5.15. The fraction of sp³-hybridized carbons (Fsp3) is 0.538. The van der Waals surface area contributed by atoms with Gasteiger partial charge >= 0.3 is 0 Å². The van der Waals surface area contributed by atoms with Crippen LogP contribution in [0.15, 0.2) is 24.3 Å². The predicted molar refractivity (Wildman–Crippen MR) is 63.1 cm³/mol. The molecule has 0 bridgehead atoms. The zero-order valence-corrected chi connectivity index (χ0v) is 10.1. The van der Waals surface area contributed by atoms with Crippen LogP contribution in [-0.4, -0.2) is 12.0 Å². The Hall–Kier alpha value is -0.600. The Morgan fingerprint density at radius 1 is 1.50 bits per heavy atom. The Morgan fingerprint density at radius 3 is 3.00 bits per heavy atom. The number of ether oxygens (including phenoxy) is 1. The third-order valence-corrected chi connectivity index (χ3v) is 3.73. The summed E-state index contributed by atoms with van der Waals surface area (Å²) >= 11 is 6.29. The number of benzene rings is 1. The number of hydrogen-bond donors (Lipinski definition) is 0. The zero-order chi connectivity index (χ0) is 11.5. The highest BCUT2D eigenvalue weighted by Crippen LogP contribution is 2.38. The average Bonchev–Trinajstić information content (AvgIpc) is 2.28. The van der Waals surface area contributed by atoms with Crippen LogP contribution in [0.25, 0.3) is 0 Å². The van der Waals surface area contributed by atoms with Crippen LogP contribution in [0, 0.1) is 11.7 Å². The molecule has 1 aromatic rings. The van der Waals surface area contributed by atoms with Crippen molar-refractivity contribution in [3.05, 3.63) is 35.6 Å². The van der Waals surface area contributed by atoms with E-state index in [0.29, 0.717) is 6.61 Å². The SMILES string of the molecule is CC[C@@H]1[C@H](Cl)CCO[C@@H]1c1cccc(F)c1. The van der Waals surface area contributed by atoms with Crippen LogP contribution < -0.4 is 0 Å². The van der Waals surface area contributed by atoms with Crippen LogP contribution in [0.3, 0.4) is 0 Å². The molecular formula is C13H16ClFO. The van der Waals surface area contributed by atoms with Crippen molar-refractivity contribution >= 4 is 11.6 Å². The number of halogens is 2. The maximum atomic E-state index is 13.2. The van der Waals surface area contributed by atoms with E-state index in [4.69, 9.17) is 16.3 Å². The molecule has 3 atom stereocenters. The molecule has 0 N–H and O–H groups in total. The molecule has 0 saturated carbocycles. The average molecular weight is 243 g/mol. The van der Waals surface area contributed by atoms with Crippen LogP contribution in [0.2, 0.25) is 0 Å². The maximum Gasteiger partial charge on any atom is 0.123 e.